The Bertz CT molecular complexity index is 124. The van der Waals surface area contributed by atoms with Crippen molar-refractivity contribution < 1.29 is 0 Å². The van der Waals surface area contributed by atoms with E-state index in [4.69, 9.17) is 0 Å². The summed E-state index contributed by atoms with van der Waals surface area (Å²) in [5.74, 6) is 3.09. The molecule has 2 aliphatic rings. The number of rotatable bonds is 0. The number of fused-ring (bicyclic) bond motifs is 1. The van der Waals surface area contributed by atoms with E-state index >= 15 is 0 Å². The van der Waals surface area contributed by atoms with Crippen LogP contribution in [0.5, 0.6) is 0 Å². The van der Waals surface area contributed by atoms with Gasteiger partial charge in [-0.25, -0.2) is 0 Å². The molecule has 0 aliphatic heterocycles. The Kier molecular flexibility index (Phi) is 0.787. The van der Waals surface area contributed by atoms with Gasteiger partial charge in [0.2, 0.25) is 0 Å². The minimum Gasteiger partial charge on any atom is -0.0882 e. The van der Waals surface area contributed by atoms with E-state index in [-0.39, 0.29) is 0 Å². The SMILES string of the molecule is C[C@@H]1[C@@H]2C=CCC[C@H]12. The Hall–Kier alpha value is -0.260. The van der Waals surface area contributed by atoms with Crippen LogP contribution in [0, 0.1) is 17.8 Å². The quantitative estimate of drug-likeness (QED) is 0.417. The van der Waals surface area contributed by atoms with Crippen LogP contribution < -0.4 is 0 Å². The molecule has 0 spiro atoms. The molecule has 0 aromatic rings. The van der Waals surface area contributed by atoms with Gasteiger partial charge in [-0.2, -0.15) is 0 Å². The molecule has 1 fully saturated rings. The summed E-state index contributed by atoms with van der Waals surface area (Å²) in [5.41, 5.74) is 0. The predicted molar refractivity (Wildman–Crippen MR) is 34.5 cm³/mol. The smallest absolute Gasteiger partial charge is 0.0174 e. The average molecular weight is 108 g/mol. The molecule has 0 amide bonds. The van der Waals surface area contributed by atoms with Crippen LogP contribution in [0.25, 0.3) is 0 Å². The summed E-state index contributed by atoms with van der Waals surface area (Å²) in [6.07, 6.45) is 7.54. The maximum Gasteiger partial charge on any atom is -0.0174 e. The van der Waals surface area contributed by atoms with Crippen LogP contribution >= 0.6 is 0 Å². The molecular formula is C8H12. The summed E-state index contributed by atoms with van der Waals surface area (Å²) in [5, 5.41) is 0. The van der Waals surface area contributed by atoms with Crippen molar-refractivity contribution in [2.75, 3.05) is 0 Å². The monoisotopic (exact) mass is 108 g/mol. The first kappa shape index (κ1) is 4.60. The maximum atomic E-state index is 2.40. The Morgan fingerprint density at radius 2 is 2.38 bits per heavy atom. The second kappa shape index (κ2) is 1.37. The third-order valence-electron chi connectivity index (χ3n) is 2.66. The van der Waals surface area contributed by atoms with Gasteiger partial charge in [-0.05, 0) is 30.6 Å². The van der Waals surface area contributed by atoms with Crippen molar-refractivity contribution >= 4 is 0 Å². The number of allylic oxidation sites excluding steroid dienone is 2. The molecule has 0 radical (unpaired) electrons. The first-order valence-corrected chi connectivity index (χ1v) is 3.56. The highest BCUT2D eigenvalue weighted by atomic mass is 14.5. The summed E-state index contributed by atoms with van der Waals surface area (Å²) in [4.78, 5) is 0. The van der Waals surface area contributed by atoms with Crippen LogP contribution in [0.3, 0.4) is 0 Å². The molecule has 0 aromatic carbocycles. The zero-order chi connectivity index (χ0) is 5.56. The third kappa shape index (κ3) is 0.460. The molecule has 44 valence electrons. The van der Waals surface area contributed by atoms with E-state index in [1.54, 1.807) is 0 Å². The summed E-state index contributed by atoms with van der Waals surface area (Å²) >= 11 is 0. The zero-order valence-electron chi connectivity index (χ0n) is 5.30. The Morgan fingerprint density at radius 1 is 1.50 bits per heavy atom. The van der Waals surface area contributed by atoms with Crippen LogP contribution in [0.15, 0.2) is 12.2 Å². The lowest BCUT2D eigenvalue weighted by atomic mass is 10.1. The van der Waals surface area contributed by atoms with Crippen molar-refractivity contribution in [3.05, 3.63) is 12.2 Å². The van der Waals surface area contributed by atoms with E-state index in [0.717, 1.165) is 17.8 Å². The van der Waals surface area contributed by atoms with Crippen molar-refractivity contribution in [2.45, 2.75) is 19.8 Å². The van der Waals surface area contributed by atoms with Crippen LogP contribution in [-0.2, 0) is 0 Å². The molecular weight excluding hydrogens is 96.1 g/mol. The highest BCUT2D eigenvalue weighted by Crippen LogP contribution is 2.51. The summed E-state index contributed by atoms with van der Waals surface area (Å²) in [6, 6.07) is 0. The Balaban J connectivity index is 2.12. The minimum atomic E-state index is 0.990. The first-order chi connectivity index (χ1) is 3.89. The molecule has 0 N–H and O–H groups in total. The highest BCUT2D eigenvalue weighted by molar-refractivity contribution is 5.10. The molecule has 0 nitrogen and oxygen atoms in total. The average Bonchev–Trinajstić information content (AvgIpc) is 2.46. The van der Waals surface area contributed by atoms with Gasteiger partial charge >= 0.3 is 0 Å². The first-order valence-electron chi connectivity index (χ1n) is 3.56. The molecule has 0 heterocycles. The molecule has 2 aliphatic carbocycles. The van der Waals surface area contributed by atoms with Crippen LogP contribution in [0.1, 0.15) is 19.8 Å². The normalized spacial score (nSPS) is 50.9. The Morgan fingerprint density at radius 3 is 2.88 bits per heavy atom. The molecule has 1 saturated carbocycles. The molecule has 0 unspecified atom stereocenters. The summed E-state index contributed by atoms with van der Waals surface area (Å²) < 4.78 is 0. The van der Waals surface area contributed by atoms with Crippen molar-refractivity contribution in [3.8, 4) is 0 Å². The van der Waals surface area contributed by atoms with Gasteiger partial charge < -0.3 is 0 Å². The van der Waals surface area contributed by atoms with Crippen molar-refractivity contribution in [1.29, 1.82) is 0 Å². The summed E-state index contributed by atoms with van der Waals surface area (Å²) in [7, 11) is 0. The Labute approximate surface area is 50.6 Å². The molecule has 0 bridgehead atoms. The predicted octanol–water partition coefficient (Wildman–Crippen LogP) is 2.22. The second-order valence-corrected chi connectivity index (χ2v) is 3.11. The van der Waals surface area contributed by atoms with Gasteiger partial charge in [-0.1, -0.05) is 19.1 Å². The van der Waals surface area contributed by atoms with Crippen LogP contribution in [-0.4, -0.2) is 0 Å². The largest absolute Gasteiger partial charge is 0.0882 e. The molecule has 8 heavy (non-hydrogen) atoms. The van der Waals surface area contributed by atoms with Gasteiger partial charge in [0.15, 0.2) is 0 Å². The minimum absolute atomic E-state index is 0.990. The lowest BCUT2D eigenvalue weighted by Gasteiger charge is -1.96. The lowest BCUT2D eigenvalue weighted by Crippen LogP contribution is -1.83. The fraction of sp³-hybridized carbons (Fsp3) is 0.750. The van der Waals surface area contributed by atoms with E-state index in [1.165, 1.54) is 12.8 Å². The van der Waals surface area contributed by atoms with E-state index in [9.17, 15) is 0 Å². The molecule has 0 aromatic heterocycles. The highest BCUT2D eigenvalue weighted by Gasteiger charge is 2.44. The van der Waals surface area contributed by atoms with E-state index < -0.39 is 0 Å². The van der Waals surface area contributed by atoms with E-state index in [1.807, 2.05) is 0 Å². The fourth-order valence-corrected chi connectivity index (χ4v) is 1.89. The molecule has 0 heteroatoms. The van der Waals surface area contributed by atoms with Gasteiger partial charge in [-0.15, -0.1) is 0 Å². The second-order valence-electron chi connectivity index (χ2n) is 3.11. The third-order valence-corrected chi connectivity index (χ3v) is 2.66. The molecule has 3 atom stereocenters. The van der Waals surface area contributed by atoms with Crippen molar-refractivity contribution in [1.82, 2.24) is 0 Å². The van der Waals surface area contributed by atoms with Gasteiger partial charge in [0.05, 0.1) is 0 Å². The van der Waals surface area contributed by atoms with Crippen molar-refractivity contribution in [2.24, 2.45) is 17.8 Å². The fourth-order valence-electron chi connectivity index (χ4n) is 1.89. The lowest BCUT2D eigenvalue weighted by molar-refractivity contribution is 0.661. The van der Waals surface area contributed by atoms with Crippen molar-refractivity contribution in [3.63, 3.8) is 0 Å². The number of hydrogen-bond acceptors (Lipinski definition) is 0. The van der Waals surface area contributed by atoms with Crippen LogP contribution in [0.2, 0.25) is 0 Å². The molecule has 2 rings (SSSR count). The zero-order valence-corrected chi connectivity index (χ0v) is 5.30. The topological polar surface area (TPSA) is 0 Å². The van der Waals surface area contributed by atoms with Gasteiger partial charge in [0, 0.05) is 0 Å². The van der Waals surface area contributed by atoms with E-state index in [0.29, 0.717) is 0 Å². The summed E-state index contributed by atoms with van der Waals surface area (Å²) in [6.45, 7) is 2.37. The van der Waals surface area contributed by atoms with Crippen LogP contribution in [0.4, 0.5) is 0 Å². The van der Waals surface area contributed by atoms with Gasteiger partial charge in [-0.3, -0.25) is 0 Å². The van der Waals surface area contributed by atoms with Gasteiger partial charge in [0.25, 0.3) is 0 Å². The standard InChI is InChI=1S/C8H12/c1-6-7-4-2-3-5-8(6)7/h2,4,6-8H,3,5H2,1H3/t6-,7+,8-/m1/s1. The number of hydrogen-bond donors (Lipinski definition) is 0. The van der Waals surface area contributed by atoms with Gasteiger partial charge in [0.1, 0.15) is 0 Å². The molecule has 0 saturated heterocycles. The maximum absolute atomic E-state index is 2.40. The van der Waals surface area contributed by atoms with E-state index in [2.05, 4.69) is 19.1 Å².